The van der Waals surface area contributed by atoms with Crippen molar-refractivity contribution < 1.29 is 9.18 Å². The lowest BCUT2D eigenvalue weighted by Gasteiger charge is -2.02. The van der Waals surface area contributed by atoms with Crippen molar-refractivity contribution in [1.82, 2.24) is 20.5 Å². The summed E-state index contributed by atoms with van der Waals surface area (Å²) in [6, 6.07) is 5.95. The molecule has 2 aromatic rings. The highest BCUT2D eigenvalue weighted by Crippen LogP contribution is 2.03. The molecule has 1 aromatic carbocycles. The number of nitrogens with one attached hydrogen (secondary N) is 2. The topological polar surface area (TPSA) is 70.7 Å². The molecule has 0 fully saturated rings. The van der Waals surface area contributed by atoms with E-state index in [0.29, 0.717) is 12.4 Å². The highest BCUT2D eigenvalue weighted by atomic mass is 19.1. The number of aromatic nitrogens is 3. The van der Waals surface area contributed by atoms with Crippen LogP contribution in [0, 0.1) is 5.82 Å². The van der Waals surface area contributed by atoms with E-state index in [4.69, 9.17) is 0 Å². The van der Waals surface area contributed by atoms with Gasteiger partial charge in [0.25, 0.3) is 5.91 Å². The zero-order chi connectivity index (χ0) is 13.7. The van der Waals surface area contributed by atoms with Crippen LogP contribution >= 0.6 is 0 Å². The molecule has 0 aliphatic rings. The van der Waals surface area contributed by atoms with Crippen LogP contribution in [0.4, 0.5) is 4.39 Å². The minimum absolute atomic E-state index is 0.130. The van der Waals surface area contributed by atoms with Gasteiger partial charge in [0.15, 0.2) is 0 Å². The van der Waals surface area contributed by atoms with Gasteiger partial charge in [0.2, 0.25) is 5.82 Å². The SMILES string of the molecule is CCCc1nc(C(=O)NCc2ccc(F)cc2)n[nH]1. The molecule has 1 aromatic heterocycles. The molecule has 19 heavy (non-hydrogen) atoms. The number of benzene rings is 1. The first-order valence-electron chi connectivity index (χ1n) is 6.13. The summed E-state index contributed by atoms with van der Waals surface area (Å²) in [5, 5.41) is 9.26. The number of nitrogens with zero attached hydrogens (tertiary/aromatic N) is 2. The summed E-state index contributed by atoms with van der Waals surface area (Å²) in [5.41, 5.74) is 0.819. The van der Waals surface area contributed by atoms with Gasteiger partial charge < -0.3 is 5.32 Å². The van der Waals surface area contributed by atoms with Crippen molar-refractivity contribution in [3.05, 3.63) is 47.3 Å². The van der Waals surface area contributed by atoms with Crippen LogP contribution in [-0.2, 0) is 13.0 Å². The van der Waals surface area contributed by atoms with Crippen molar-refractivity contribution in [2.45, 2.75) is 26.3 Å². The molecule has 0 radical (unpaired) electrons. The van der Waals surface area contributed by atoms with Crippen LogP contribution in [-0.4, -0.2) is 21.1 Å². The molecule has 0 bridgehead atoms. The van der Waals surface area contributed by atoms with E-state index in [1.807, 2.05) is 6.92 Å². The van der Waals surface area contributed by atoms with E-state index in [2.05, 4.69) is 20.5 Å². The highest BCUT2D eigenvalue weighted by Gasteiger charge is 2.11. The first kappa shape index (κ1) is 13.2. The number of amides is 1. The van der Waals surface area contributed by atoms with Crippen molar-refractivity contribution in [1.29, 1.82) is 0 Å². The van der Waals surface area contributed by atoms with E-state index >= 15 is 0 Å². The fourth-order valence-corrected chi connectivity index (χ4v) is 1.61. The number of halogens is 1. The van der Waals surface area contributed by atoms with Gasteiger partial charge in [-0.2, -0.15) is 0 Å². The third kappa shape index (κ3) is 3.61. The van der Waals surface area contributed by atoms with Crippen molar-refractivity contribution in [3.63, 3.8) is 0 Å². The summed E-state index contributed by atoms with van der Waals surface area (Å²) in [6.07, 6.45) is 1.70. The predicted octanol–water partition coefficient (Wildman–Crippen LogP) is 1.83. The van der Waals surface area contributed by atoms with Crippen LogP contribution < -0.4 is 5.32 Å². The Labute approximate surface area is 110 Å². The minimum Gasteiger partial charge on any atom is -0.345 e. The van der Waals surface area contributed by atoms with E-state index in [1.54, 1.807) is 12.1 Å². The molecule has 0 aliphatic heterocycles. The van der Waals surface area contributed by atoms with Crippen LogP contribution in [0.3, 0.4) is 0 Å². The molecule has 2 rings (SSSR count). The molecule has 5 nitrogen and oxygen atoms in total. The zero-order valence-corrected chi connectivity index (χ0v) is 10.6. The van der Waals surface area contributed by atoms with Gasteiger partial charge in [-0.05, 0) is 24.1 Å². The molecule has 0 unspecified atom stereocenters. The minimum atomic E-state index is -0.345. The molecular formula is C13H15FN4O. The molecule has 6 heteroatoms. The van der Waals surface area contributed by atoms with Crippen LogP contribution in [0.15, 0.2) is 24.3 Å². The number of aryl methyl sites for hydroxylation is 1. The van der Waals surface area contributed by atoms with Gasteiger partial charge in [-0.15, -0.1) is 5.10 Å². The fourth-order valence-electron chi connectivity index (χ4n) is 1.61. The number of H-pyrrole nitrogens is 1. The molecule has 1 amide bonds. The summed E-state index contributed by atoms with van der Waals surface area (Å²) in [6.45, 7) is 2.34. The van der Waals surface area contributed by atoms with Crippen LogP contribution in [0.2, 0.25) is 0 Å². The molecule has 0 atom stereocenters. The Bertz CT molecular complexity index is 550. The standard InChI is InChI=1S/C13H15FN4O/c1-2-3-11-16-12(18-17-11)13(19)15-8-9-4-6-10(14)7-5-9/h4-7H,2-3,8H2,1H3,(H,15,19)(H,16,17,18). The number of hydrogen-bond acceptors (Lipinski definition) is 3. The van der Waals surface area contributed by atoms with E-state index in [-0.39, 0.29) is 17.5 Å². The lowest BCUT2D eigenvalue weighted by atomic mass is 10.2. The second-order valence-corrected chi connectivity index (χ2v) is 4.16. The van der Waals surface area contributed by atoms with E-state index in [0.717, 1.165) is 18.4 Å². The first-order valence-corrected chi connectivity index (χ1v) is 6.13. The van der Waals surface area contributed by atoms with Crippen LogP contribution in [0.25, 0.3) is 0 Å². The second-order valence-electron chi connectivity index (χ2n) is 4.16. The number of aromatic amines is 1. The second kappa shape index (κ2) is 6.08. The molecule has 0 spiro atoms. The maximum atomic E-state index is 12.7. The van der Waals surface area contributed by atoms with E-state index < -0.39 is 0 Å². The summed E-state index contributed by atoms with van der Waals surface area (Å²) < 4.78 is 12.7. The molecule has 2 N–H and O–H groups in total. The lowest BCUT2D eigenvalue weighted by Crippen LogP contribution is -2.24. The summed E-state index contributed by atoms with van der Waals surface area (Å²) in [4.78, 5) is 15.9. The van der Waals surface area contributed by atoms with E-state index in [1.165, 1.54) is 12.1 Å². The quantitative estimate of drug-likeness (QED) is 0.863. The van der Waals surface area contributed by atoms with Gasteiger partial charge in [0.1, 0.15) is 11.6 Å². The largest absolute Gasteiger partial charge is 0.345 e. The van der Waals surface area contributed by atoms with Crippen LogP contribution in [0.5, 0.6) is 0 Å². The van der Waals surface area contributed by atoms with Gasteiger partial charge in [0, 0.05) is 13.0 Å². The third-order valence-corrected chi connectivity index (χ3v) is 2.59. The smallest absolute Gasteiger partial charge is 0.291 e. The first-order chi connectivity index (χ1) is 9.19. The van der Waals surface area contributed by atoms with Crippen molar-refractivity contribution in [2.75, 3.05) is 0 Å². The zero-order valence-electron chi connectivity index (χ0n) is 10.6. The van der Waals surface area contributed by atoms with Crippen molar-refractivity contribution >= 4 is 5.91 Å². The third-order valence-electron chi connectivity index (χ3n) is 2.59. The van der Waals surface area contributed by atoms with Gasteiger partial charge in [-0.1, -0.05) is 19.1 Å². The molecule has 100 valence electrons. The van der Waals surface area contributed by atoms with Gasteiger partial charge >= 0.3 is 0 Å². The van der Waals surface area contributed by atoms with Gasteiger partial charge in [0.05, 0.1) is 0 Å². The maximum Gasteiger partial charge on any atom is 0.291 e. The maximum absolute atomic E-state index is 12.7. The number of carbonyl (C=O) groups excluding carboxylic acids is 1. The summed E-state index contributed by atoms with van der Waals surface area (Å²) in [7, 11) is 0. The summed E-state index contributed by atoms with van der Waals surface area (Å²) in [5.74, 6) is 0.191. The molecule has 0 saturated carbocycles. The Kier molecular flexibility index (Phi) is 4.22. The summed E-state index contributed by atoms with van der Waals surface area (Å²) >= 11 is 0. The Hall–Kier alpha value is -2.24. The fraction of sp³-hybridized carbons (Fsp3) is 0.308. The van der Waals surface area contributed by atoms with Gasteiger partial charge in [-0.25, -0.2) is 9.37 Å². The average molecular weight is 262 g/mol. The predicted molar refractivity (Wildman–Crippen MR) is 67.9 cm³/mol. The lowest BCUT2D eigenvalue weighted by molar-refractivity contribution is 0.0941. The van der Waals surface area contributed by atoms with Crippen LogP contribution in [0.1, 0.15) is 35.4 Å². The number of hydrogen-bond donors (Lipinski definition) is 2. The number of rotatable bonds is 5. The Morgan fingerprint density at radius 3 is 2.79 bits per heavy atom. The van der Waals surface area contributed by atoms with Crippen molar-refractivity contribution in [3.8, 4) is 0 Å². The molecule has 0 saturated heterocycles. The average Bonchev–Trinajstić information content (AvgIpc) is 2.87. The molecule has 0 aliphatic carbocycles. The normalized spacial score (nSPS) is 10.4. The van der Waals surface area contributed by atoms with E-state index in [9.17, 15) is 9.18 Å². The van der Waals surface area contributed by atoms with Gasteiger partial charge in [-0.3, -0.25) is 9.89 Å². The molecular weight excluding hydrogens is 247 g/mol. The Morgan fingerprint density at radius 1 is 1.37 bits per heavy atom. The Balaban J connectivity index is 1.91. The monoisotopic (exact) mass is 262 g/mol. The van der Waals surface area contributed by atoms with Crippen molar-refractivity contribution in [2.24, 2.45) is 0 Å². The number of carbonyl (C=O) groups is 1. The Morgan fingerprint density at radius 2 is 2.11 bits per heavy atom. The highest BCUT2D eigenvalue weighted by molar-refractivity contribution is 5.90. The molecule has 1 heterocycles.